The molecule has 2 aromatic heterocycles. The summed E-state index contributed by atoms with van der Waals surface area (Å²) in [5, 5.41) is 9.89. The second kappa shape index (κ2) is 8.84. The molecule has 0 saturated carbocycles. The monoisotopic (exact) mass is 395 g/mol. The zero-order valence-electron chi connectivity index (χ0n) is 15.6. The van der Waals surface area contributed by atoms with E-state index < -0.39 is 0 Å². The molecule has 0 aliphatic carbocycles. The molecular weight excluding hydrogens is 374 g/mol. The van der Waals surface area contributed by atoms with E-state index in [1.165, 1.54) is 11.8 Å². The Bertz CT molecular complexity index is 1030. The fraction of sp³-hybridized carbons (Fsp3) is 0.238. The topological polar surface area (TPSA) is 73.2 Å². The molecule has 1 N–H and O–H groups in total. The molecule has 0 amide bonds. The van der Waals surface area contributed by atoms with Gasteiger partial charge in [-0.2, -0.15) is 0 Å². The second-order valence-corrected chi connectivity index (χ2v) is 7.18. The van der Waals surface area contributed by atoms with Gasteiger partial charge in [-0.15, -0.1) is 10.2 Å². The summed E-state index contributed by atoms with van der Waals surface area (Å²) >= 11 is 1.48. The van der Waals surface area contributed by atoms with Crippen molar-refractivity contribution in [3.8, 4) is 23.0 Å². The van der Waals surface area contributed by atoms with Crippen molar-refractivity contribution in [2.75, 3.05) is 19.0 Å². The molecule has 0 fully saturated rings. The molecule has 0 spiro atoms. The first kappa shape index (κ1) is 18.4. The van der Waals surface area contributed by atoms with Crippen molar-refractivity contribution in [2.45, 2.75) is 18.6 Å². The van der Waals surface area contributed by atoms with Gasteiger partial charge in [-0.1, -0.05) is 36.9 Å². The van der Waals surface area contributed by atoms with Gasteiger partial charge < -0.3 is 18.9 Å². The number of thioether (sulfide) groups is 1. The lowest BCUT2D eigenvalue weighted by Gasteiger charge is -2.07. The highest BCUT2D eigenvalue weighted by atomic mass is 32.2. The van der Waals surface area contributed by atoms with Crippen LogP contribution in [0.2, 0.25) is 0 Å². The zero-order chi connectivity index (χ0) is 19.2. The van der Waals surface area contributed by atoms with E-state index in [1.807, 2.05) is 54.7 Å². The van der Waals surface area contributed by atoms with Crippen LogP contribution in [-0.2, 0) is 0 Å². The molecule has 2 aromatic carbocycles. The van der Waals surface area contributed by atoms with Crippen LogP contribution < -0.4 is 9.47 Å². The van der Waals surface area contributed by atoms with Crippen LogP contribution in [0.25, 0.3) is 22.4 Å². The highest BCUT2D eigenvalue weighted by Crippen LogP contribution is 2.29. The number of rotatable bonds is 9. The quantitative estimate of drug-likeness (QED) is 0.311. The van der Waals surface area contributed by atoms with Gasteiger partial charge in [0.2, 0.25) is 0 Å². The van der Waals surface area contributed by atoms with Gasteiger partial charge in [-0.05, 0) is 36.8 Å². The number of aromatic nitrogens is 3. The third-order valence-electron chi connectivity index (χ3n) is 4.10. The highest BCUT2D eigenvalue weighted by molar-refractivity contribution is 7.99. The van der Waals surface area contributed by atoms with E-state index in [0.29, 0.717) is 23.5 Å². The summed E-state index contributed by atoms with van der Waals surface area (Å²) in [6.07, 6.45) is 2.89. The number of nitrogens with one attached hydrogen (secondary N) is 1. The molecule has 0 saturated heterocycles. The minimum atomic E-state index is 0.517. The number of aromatic amines is 1. The molecule has 0 bridgehead atoms. The van der Waals surface area contributed by atoms with Crippen LogP contribution in [-0.4, -0.2) is 34.1 Å². The Morgan fingerprint density at radius 1 is 0.964 bits per heavy atom. The van der Waals surface area contributed by atoms with E-state index >= 15 is 0 Å². The fourth-order valence-electron chi connectivity index (χ4n) is 2.77. The molecule has 0 radical (unpaired) electrons. The van der Waals surface area contributed by atoms with Crippen LogP contribution in [0.4, 0.5) is 0 Å². The molecule has 28 heavy (non-hydrogen) atoms. The van der Waals surface area contributed by atoms with Gasteiger partial charge in [0.1, 0.15) is 11.5 Å². The predicted molar refractivity (Wildman–Crippen MR) is 110 cm³/mol. The van der Waals surface area contributed by atoms with Gasteiger partial charge in [0, 0.05) is 22.9 Å². The van der Waals surface area contributed by atoms with Crippen LogP contribution in [0.5, 0.6) is 11.5 Å². The number of H-pyrrole nitrogens is 1. The molecule has 6 nitrogen and oxygen atoms in total. The summed E-state index contributed by atoms with van der Waals surface area (Å²) < 4.78 is 17.1. The Labute approximate surface area is 167 Å². The van der Waals surface area contributed by atoms with Crippen molar-refractivity contribution in [1.82, 2.24) is 15.2 Å². The zero-order valence-corrected chi connectivity index (χ0v) is 16.4. The van der Waals surface area contributed by atoms with E-state index in [-0.39, 0.29) is 0 Å². The summed E-state index contributed by atoms with van der Waals surface area (Å²) in [7, 11) is 0. The molecule has 0 atom stereocenters. The lowest BCUT2D eigenvalue weighted by molar-refractivity contribution is 0.314. The van der Waals surface area contributed by atoms with Crippen molar-refractivity contribution in [1.29, 1.82) is 0 Å². The number of fused-ring (bicyclic) bond motifs is 1. The van der Waals surface area contributed by atoms with Crippen molar-refractivity contribution in [2.24, 2.45) is 0 Å². The first-order valence-electron chi connectivity index (χ1n) is 9.22. The Hall–Kier alpha value is -2.93. The maximum atomic E-state index is 5.79. The molecular formula is C21H21N3O3S. The molecule has 0 aliphatic heterocycles. The number of nitrogens with zero attached hydrogens (tertiary/aromatic N) is 2. The average molecular weight is 395 g/mol. The number of hydrogen-bond donors (Lipinski definition) is 1. The maximum Gasteiger partial charge on any atom is 0.276 e. The van der Waals surface area contributed by atoms with Crippen molar-refractivity contribution in [3.05, 3.63) is 54.7 Å². The molecule has 0 aliphatic rings. The second-order valence-electron chi connectivity index (χ2n) is 6.14. The standard InChI is InChI=1S/C21H21N3O3S/c1-2-11-25-15-7-9-16(10-8-15)26-12-13-28-21-24-23-20(27-21)18-14-22-19-6-4-3-5-17(18)19/h3-10,14,22H,2,11-13H2,1H3. The SMILES string of the molecule is CCCOc1ccc(OCCSc2nnc(-c3c[nH]c4ccccc34)o2)cc1. The van der Waals surface area contributed by atoms with Gasteiger partial charge >= 0.3 is 0 Å². The van der Waals surface area contributed by atoms with Crippen molar-refractivity contribution >= 4 is 22.7 Å². The summed E-state index contributed by atoms with van der Waals surface area (Å²) in [6, 6.07) is 15.7. The predicted octanol–water partition coefficient (Wildman–Crippen LogP) is 5.18. The number of hydrogen-bond acceptors (Lipinski definition) is 6. The van der Waals surface area contributed by atoms with E-state index in [1.54, 1.807) is 0 Å². The minimum absolute atomic E-state index is 0.517. The smallest absolute Gasteiger partial charge is 0.276 e. The Balaban J connectivity index is 1.28. The van der Waals surface area contributed by atoms with Gasteiger partial charge in [0.05, 0.1) is 18.8 Å². The average Bonchev–Trinajstić information content (AvgIpc) is 3.37. The number of benzene rings is 2. The van der Waals surface area contributed by atoms with E-state index in [9.17, 15) is 0 Å². The first-order chi connectivity index (χ1) is 13.8. The van der Waals surface area contributed by atoms with E-state index in [0.717, 1.165) is 41.0 Å². The number of ether oxygens (including phenoxy) is 2. The summed E-state index contributed by atoms with van der Waals surface area (Å²) in [5.41, 5.74) is 1.96. The molecule has 4 aromatic rings. The van der Waals surface area contributed by atoms with Crippen molar-refractivity contribution < 1.29 is 13.9 Å². The molecule has 7 heteroatoms. The van der Waals surface area contributed by atoms with Gasteiger partial charge in [0.15, 0.2) is 0 Å². The van der Waals surface area contributed by atoms with Crippen molar-refractivity contribution in [3.63, 3.8) is 0 Å². The Kier molecular flexibility index (Phi) is 5.82. The normalized spacial score (nSPS) is 11.0. The largest absolute Gasteiger partial charge is 0.494 e. The van der Waals surface area contributed by atoms with Crippen LogP contribution in [0, 0.1) is 0 Å². The van der Waals surface area contributed by atoms with Crippen LogP contribution >= 0.6 is 11.8 Å². The Morgan fingerprint density at radius 2 is 1.71 bits per heavy atom. The molecule has 4 rings (SSSR count). The summed E-state index contributed by atoms with van der Waals surface area (Å²) in [5.74, 6) is 2.90. The van der Waals surface area contributed by atoms with E-state index in [2.05, 4.69) is 22.1 Å². The summed E-state index contributed by atoms with van der Waals surface area (Å²) in [6.45, 7) is 3.36. The molecule has 0 unspecified atom stereocenters. The minimum Gasteiger partial charge on any atom is -0.494 e. The fourth-order valence-corrected chi connectivity index (χ4v) is 3.34. The van der Waals surface area contributed by atoms with Crippen LogP contribution in [0.1, 0.15) is 13.3 Å². The van der Waals surface area contributed by atoms with Gasteiger partial charge in [0.25, 0.3) is 11.1 Å². The van der Waals surface area contributed by atoms with E-state index in [4.69, 9.17) is 13.9 Å². The summed E-state index contributed by atoms with van der Waals surface area (Å²) in [4.78, 5) is 3.22. The third kappa shape index (κ3) is 4.31. The number of para-hydroxylation sites is 1. The maximum absolute atomic E-state index is 5.79. The first-order valence-corrected chi connectivity index (χ1v) is 10.2. The van der Waals surface area contributed by atoms with Crippen LogP contribution in [0.15, 0.2) is 64.4 Å². The molecule has 2 heterocycles. The lowest BCUT2D eigenvalue weighted by Crippen LogP contribution is -2.00. The third-order valence-corrected chi connectivity index (χ3v) is 4.88. The van der Waals surface area contributed by atoms with Crippen LogP contribution in [0.3, 0.4) is 0 Å². The van der Waals surface area contributed by atoms with Gasteiger partial charge in [-0.3, -0.25) is 0 Å². The molecule has 144 valence electrons. The Morgan fingerprint density at radius 3 is 2.50 bits per heavy atom. The highest BCUT2D eigenvalue weighted by Gasteiger charge is 2.13. The lowest BCUT2D eigenvalue weighted by atomic mass is 10.2. The van der Waals surface area contributed by atoms with Gasteiger partial charge in [-0.25, -0.2) is 0 Å².